The zero-order chi connectivity index (χ0) is 12.0. The van der Waals surface area contributed by atoms with Crippen molar-refractivity contribution in [1.29, 1.82) is 0 Å². The van der Waals surface area contributed by atoms with Crippen LogP contribution in [0.5, 0.6) is 0 Å². The normalized spacial score (nSPS) is 28.4. The summed E-state index contributed by atoms with van der Waals surface area (Å²) < 4.78 is 13.3. The summed E-state index contributed by atoms with van der Waals surface area (Å²) in [6.07, 6.45) is 2.31. The lowest BCUT2D eigenvalue weighted by Crippen LogP contribution is -2.48. The maximum absolute atomic E-state index is 13.3. The summed E-state index contributed by atoms with van der Waals surface area (Å²) in [5.74, 6) is 0.393. The summed E-state index contributed by atoms with van der Waals surface area (Å²) in [7, 11) is 0. The summed E-state index contributed by atoms with van der Waals surface area (Å²) >= 11 is 0. The van der Waals surface area contributed by atoms with Crippen LogP contribution in [0.2, 0.25) is 0 Å². The highest BCUT2D eigenvalue weighted by molar-refractivity contribution is 5.82. The minimum Gasteiger partial charge on any atom is -0.370 e. The Morgan fingerprint density at radius 3 is 2.88 bits per heavy atom. The van der Waals surface area contributed by atoms with Crippen LogP contribution in [0.3, 0.4) is 0 Å². The van der Waals surface area contributed by atoms with Gasteiger partial charge in [-0.1, -0.05) is 12.1 Å². The summed E-state index contributed by atoms with van der Waals surface area (Å²) in [6, 6.07) is 7.23. The molecule has 17 heavy (non-hydrogen) atoms. The molecule has 0 aromatic heterocycles. The number of nitrogens with two attached hydrogens (primary N) is 1. The summed E-state index contributed by atoms with van der Waals surface area (Å²) in [6.45, 7) is 2.70. The van der Waals surface area contributed by atoms with Gasteiger partial charge < -0.3 is 10.6 Å². The van der Waals surface area contributed by atoms with E-state index in [-0.39, 0.29) is 11.4 Å². The van der Waals surface area contributed by atoms with Crippen molar-refractivity contribution in [2.45, 2.75) is 31.3 Å². The molecule has 1 fully saturated rings. The molecular weight excluding hydrogens is 217 g/mol. The van der Waals surface area contributed by atoms with Crippen LogP contribution in [0.25, 0.3) is 0 Å². The quantitative estimate of drug-likeness (QED) is 0.846. The highest BCUT2D eigenvalue weighted by atomic mass is 19.1. The van der Waals surface area contributed by atoms with Gasteiger partial charge in [0.1, 0.15) is 5.82 Å². The molecule has 3 nitrogen and oxygen atoms in total. The second-order valence-electron chi connectivity index (χ2n) is 5.06. The van der Waals surface area contributed by atoms with Crippen LogP contribution in [0.1, 0.15) is 25.3 Å². The maximum atomic E-state index is 13.3. The van der Waals surface area contributed by atoms with E-state index in [0.717, 1.165) is 18.4 Å². The molecule has 1 saturated carbocycles. The lowest BCUT2D eigenvalue weighted by Gasteiger charge is -2.37. The third-order valence-electron chi connectivity index (χ3n) is 3.69. The molecule has 1 aliphatic carbocycles. The van der Waals surface area contributed by atoms with Gasteiger partial charge in [-0.05, 0) is 37.5 Å². The van der Waals surface area contributed by atoms with E-state index >= 15 is 0 Å². The van der Waals surface area contributed by atoms with Crippen LogP contribution >= 0.6 is 0 Å². The number of benzene rings is 1. The number of aliphatic imine (C=N–C) groups is 1. The predicted octanol–water partition coefficient (Wildman–Crippen LogP) is 1.83. The monoisotopic (exact) mass is 233 g/mol. The molecule has 1 aromatic carbocycles. The van der Waals surface area contributed by atoms with Crippen LogP contribution in [-0.4, -0.2) is 23.4 Å². The molecule has 0 saturated heterocycles. The average Bonchev–Trinajstić information content (AvgIpc) is 3.07. The second-order valence-corrected chi connectivity index (χ2v) is 5.06. The van der Waals surface area contributed by atoms with Gasteiger partial charge >= 0.3 is 0 Å². The second kappa shape index (κ2) is 3.45. The Labute approximate surface area is 100 Å². The largest absolute Gasteiger partial charge is 0.370 e. The number of guanidine groups is 1. The van der Waals surface area contributed by atoms with Crippen molar-refractivity contribution in [1.82, 2.24) is 4.90 Å². The summed E-state index contributed by atoms with van der Waals surface area (Å²) in [5.41, 5.74) is 6.62. The van der Waals surface area contributed by atoms with Crippen molar-refractivity contribution in [3.8, 4) is 0 Å². The maximum Gasteiger partial charge on any atom is 0.192 e. The highest BCUT2D eigenvalue weighted by Crippen LogP contribution is 2.41. The predicted molar refractivity (Wildman–Crippen MR) is 65.1 cm³/mol. The first-order chi connectivity index (χ1) is 8.11. The van der Waals surface area contributed by atoms with Crippen LogP contribution in [0, 0.1) is 5.82 Å². The molecule has 4 heteroatoms. The van der Waals surface area contributed by atoms with Gasteiger partial charge in [-0.3, -0.25) is 4.99 Å². The number of nitrogens with zero attached hydrogens (tertiary/aromatic N) is 2. The van der Waals surface area contributed by atoms with E-state index in [4.69, 9.17) is 5.73 Å². The number of halogens is 1. The van der Waals surface area contributed by atoms with Crippen LogP contribution < -0.4 is 5.73 Å². The van der Waals surface area contributed by atoms with E-state index in [0.29, 0.717) is 18.5 Å². The van der Waals surface area contributed by atoms with Gasteiger partial charge in [0.15, 0.2) is 5.96 Å². The molecule has 1 aliphatic heterocycles. The van der Waals surface area contributed by atoms with E-state index in [1.807, 2.05) is 6.07 Å². The first-order valence-electron chi connectivity index (χ1n) is 5.96. The van der Waals surface area contributed by atoms with Crippen LogP contribution in [0.15, 0.2) is 29.3 Å². The molecular formula is C13H16FN3. The minimum absolute atomic E-state index is 0.204. The zero-order valence-corrected chi connectivity index (χ0v) is 9.86. The molecule has 0 amide bonds. The fourth-order valence-electron chi connectivity index (χ4n) is 2.62. The van der Waals surface area contributed by atoms with E-state index < -0.39 is 0 Å². The van der Waals surface area contributed by atoms with Crippen LogP contribution in [-0.2, 0) is 5.54 Å². The van der Waals surface area contributed by atoms with Gasteiger partial charge in [-0.15, -0.1) is 0 Å². The number of hydrogen-bond acceptors (Lipinski definition) is 3. The number of hydrogen-bond donors (Lipinski definition) is 1. The third-order valence-corrected chi connectivity index (χ3v) is 3.69. The molecule has 1 atom stereocenters. The molecule has 3 rings (SSSR count). The van der Waals surface area contributed by atoms with Gasteiger partial charge in [0.25, 0.3) is 0 Å². The molecule has 1 heterocycles. The first kappa shape index (κ1) is 10.6. The van der Waals surface area contributed by atoms with Crippen molar-refractivity contribution in [2.75, 3.05) is 6.54 Å². The zero-order valence-electron chi connectivity index (χ0n) is 9.86. The molecule has 1 aromatic rings. The Hall–Kier alpha value is -1.58. The molecule has 90 valence electrons. The molecule has 2 N–H and O–H groups in total. The first-order valence-corrected chi connectivity index (χ1v) is 5.96. The number of rotatable bonds is 2. The van der Waals surface area contributed by atoms with Gasteiger partial charge in [-0.2, -0.15) is 0 Å². The van der Waals surface area contributed by atoms with Gasteiger partial charge in [0.2, 0.25) is 0 Å². The molecule has 2 aliphatic rings. The van der Waals surface area contributed by atoms with E-state index in [1.165, 1.54) is 6.07 Å². The Bertz CT molecular complexity index is 481. The van der Waals surface area contributed by atoms with Crippen molar-refractivity contribution in [3.63, 3.8) is 0 Å². The van der Waals surface area contributed by atoms with Crippen molar-refractivity contribution in [2.24, 2.45) is 10.7 Å². The standard InChI is InChI=1S/C13H16FN3/c1-13(9-3-2-4-10(14)7-9)8-16-12(15)17(13)11-5-6-11/h2-4,7,11H,5-6,8H2,1H3,(H2,15,16). The van der Waals surface area contributed by atoms with Gasteiger partial charge in [0.05, 0.1) is 12.1 Å². The Morgan fingerprint density at radius 2 is 2.24 bits per heavy atom. The summed E-state index contributed by atoms with van der Waals surface area (Å²) in [4.78, 5) is 6.49. The minimum atomic E-state index is -0.284. The third kappa shape index (κ3) is 1.59. The molecule has 0 radical (unpaired) electrons. The average molecular weight is 233 g/mol. The Balaban J connectivity index is 2.00. The molecule has 0 spiro atoms. The van der Waals surface area contributed by atoms with E-state index in [9.17, 15) is 4.39 Å². The SMILES string of the molecule is CC1(c2cccc(F)c2)CN=C(N)N1C1CC1. The molecule has 1 unspecified atom stereocenters. The topological polar surface area (TPSA) is 41.6 Å². The smallest absolute Gasteiger partial charge is 0.192 e. The highest BCUT2D eigenvalue weighted by Gasteiger charge is 2.46. The Morgan fingerprint density at radius 1 is 1.47 bits per heavy atom. The van der Waals surface area contributed by atoms with E-state index in [2.05, 4.69) is 16.8 Å². The van der Waals surface area contributed by atoms with E-state index in [1.54, 1.807) is 12.1 Å². The fraction of sp³-hybridized carbons (Fsp3) is 0.462. The molecule has 0 bridgehead atoms. The Kier molecular flexibility index (Phi) is 2.15. The lowest BCUT2D eigenvalue weighted by atomic mass is 9.91. The van der Waals surface area contributed by atoms with Gasteiger partial charge in [0, 0.05) is 6.04 Å². The van der Waals surface area contributed by atoms with Crippen molar-refractivity contribution >= 4 is 5.96 Å². The van der Waals surface area contributed by atoms with Crippen molar-refractivity contribution in [3.05, 3.63) is 35.6 Å². The summed E-state index contributed by atoms with van der Waals surface area (Å²) in [5, 5.41) is 0. The lowest BCUT2D eigenvalue weighted by molar-refractivity contribution is 0.215. The van der Waals surface area contributed by atoms with Crippen LogP contribution in [0.4, 0.5) is 4.39 Å². The van der Waals surface area contributed by atoms with Crippen molar-refractivity contribution < 1.29 is 4.39 Å². The fourth-order valence-corrected chi connectivity index (χ4v) is 2.62. The van der Waals surface area contributed by atoms with Gasteiger partial charge in [-0.25, -0.2) is 4.39 Å².